The van der Waals surface area contributed by atoms with Crippen molar-refractivity contribution in [1.82, 2.24) is 0 Å². The van der Waals surface area contributed by atoms with Crippen molar-refractivity contribution < 1.29 is 30.0 Å². The molecule has 0 aromatic heterocycles. The second-order valence-corrected chi connectivity index (χ2v) is 6.32. The first-order valence-electron chi connectivity index (χ1n) is 8.53. The van der Waals surface area contributed by atoms with E-state index in [4.69, 9.17) is 4.74 Å². The Morgan fingerprint density at radius 2 is 1.56 bits per heavy atom. The van der Waals surface area contributed by atoms with Crippen LogP contribution >= 0.6 is 0 Å². The molecule has 0 radical (unpaired) electrons. The number of para-hydroxylation sites is 1. The number of nitrogens with one attached hydrogen (secondary N) is 2. The summed E-state index contributed by atoms with van der Waals surface area (Å²) < 4.78 is 5.53. The normalized spacial score (nSPS) is 27.8. The van der Waals surface area contributed by atoms with Crippen molar-refractivity contribution in [2.75, 3.05) is 17.2 Å². The minimum Gasteiger partial charge on any atom is -0.394 e. The average Bonchev–Trinajstić information content (AvgIpc) is 2.67. The topological polar surface area (TPSA) is 131 Å². The molecule has 2 aromatic rings. The number of hydrogen-bond acceptors (Lipinski definition) is 6. The lowest BCUT2D eigenvalue weighted by Crippen LogP contribution is -2.55. The summed E-state index contributed by atoms with van der Waals surface area (Å²) in [5.41, 5.74) is 1.59. The van der Waals surface area contributed by atoms with Crippen LogP contribution in [0.3, 0.4) is 0 Å². The lowest BCUT2D eigenvalue weighted by atomic mass is 9.91. The van der Waals surface area contributed by atoms with Gasteiger partial charge in [0.05, 0.1) is 6.61 Å². The molecule has 1 aliphatic heterocycles. The first-order chi connectivity index (χ1) is 13.0. The number of anilines is 2. The van der Waals surface area contributed by atoms with E-state index in [9.17, 15) is 25.2 Å². The Bertz CT molecular complexity index is 770. The fourth-order valence-corrected chi connectivity index (χ4v) is 2.99. The molecule has 2 aromatic carbocycles. The lowest BCUT2D eigenvalue weighted by molar-refractivity contribution is -0.231. The first kappa shape index (κ1) is 19.3. The predicted molar refractivity (Wildman–Crippen MR) is 98.2 cm³/mol. The SMILES string of the molecule is O=C(Nc1ccccc1)Nc1cccc(C2OC(CO)C(O)C(O)C2O)c1. The number of rotatable bonds is 4. The van der Waals surface area contributed by atoms with Crippen molar-refractivity contribution in [1.29, 1.82) is 0 Å². The van der Waals surface area contributed by atoms with Gasteiger partial charge in [0.1, 0.15) is 30.5 Å². The number of benzene rings is 2. The molecule has 1 saturated heterocycles. The lowest BCUT2D eigenvalue weighted by Gasteiger charge is -2.40. The second kappa shape index (κ2) is 8.47. The van der Waals surface area contributed by atoms with Gasteiger partial charge in [0.15, 0.2) is 0 Å². The van der Waals surface area contributed by atoms with Gasteiger partial charge >= 0.3 is 6.03 Å². The Hall–Kier alpha value is -2.49. The number of ether oxygens (including phenoxy) is 1. The standard InChI is InChI=1S/C19H22N2O6/c22-10-14-15(23)16(24)17(25)18(27-14)11-5-4-8-13(9-11)21-19(26)20-12-6-2-1-3-7-12/h1-9,14-18,22-25H,10H2,(H2,20,21,26). The molecular weight excluding hydrogens is 352 g/mol. The zero-order valence-corrected chi connectivity index (χ0v) is 14.4. The highest BCUT2D eigenvalue weighted by Crippen LogP contribution is 2.33. The van der Waals surface area contributed by atoms with Gasteiger partial charge in [-0.15, -0.1) is 0 Å². The van der Waals surface area contributed by atoms with E-state index in [2.05, 4.69) is 10.6 Å². The summed E-state index contributed by atoms with van der Waals surface area (Å²) in [5, 5.41) is 44.7. The number of carbonyl (C=O) groups is 1. The van der Waals surface area contributed by atoms with Crippen LogP contribution in [0.25, 0.3) is 0 Å². The molecule has 0 aliphatic carbocycles. The van der Waals surface area contributed by atoms with Gasteiger partial charge in [-0.25, -0.2) is 4.79 Å². The van der Waals surface area contributed by atoms with Crippen molar-refractivity contribution in [2.45, 2.75) is 30.5 Å². The van der Waals surface area contributed by atoms with Gasteiger partial charge in [-0.3, -0.25) is 0 Å². The van der Waals surface area contributed by atoms with Crippen molar-refractivity contribution in [3.63, 3.8) is 0 Å². The van der Waals surface area contributed by atoms with E-state index in [0.717, 1.165) is 0 Å². The summed E-state index contributed by atoms with van der Waals surface area (Å²) in [7, 11) is 0. The van der Waals surface area contributed by atoms with Gasteiger partial charge in [-0.05, 0) is 29.8 Å². The van der Waals surface area contributed by atoms with Crippen LogP contribution < -0.4 is 10.6 Å². The molecule has 0 spiro atoms. The van der Waals surface area contributed by atoms with E-state index < -0.39 is 43.2 Å². The van der Waals surface area contributed by atoms with Crippen LogP contribution in [0.1, 0.15) is 11.7 Å². The van der Waals surface area contributed by atoms with E-state index in [-0.39, 0.29) is 0 Å². The summed E-state index contributed by atoms with van der Waals surface area (Å²) in [6.07, 6.45) is -6.21. The van der Waals surface area contributed by atoms with E-state index in [0.29, 0.717) is 16.9 Å². The minimum atomic E-state index is -1.46. The zero-order chi connectivity index (χ0) is 19.4. The molecule has 6 N–H and O–H groups in total. The van der Waals surface area contributed by atoms with Gasteiger partial charge in [0.2, 0.25) is 0 Å². The van der Waals surface area contributed by atoms with Crippen LogP contribution in [0.15, 0.2) is 54.6 Å². The van der Waals surface area contributed by atoms with Gasteiger partial charge in [-0.1, -0.05) is 30.3 Å². The van der Waals surface area contributed by atoms with Gasteiger partial charge < -0.3 is 35.8 Å². The van der Waals surface area contributed by atoms with E-state index in [1.807, 2.05) is 6.07 Å². The fraction of sp³-hybridized carbons (Fsp3) is 0.316. The molecular formula is C19H22N2O6. The van der Waals surface area contributed by atoms with Crippen LogP contribution in [0.2, 0.25) is 0 Å². The molecule has 3 rings (SSSR count). The fourth-order valence-electron chi connectivity index (χ4n) is 2.99. The minimum absolute atomic E-state index is 0.438. The van der Waals surface area contributed by atoms with Crippen LogP contribution in [0.4, 0.5) is 16.2 Å². The molecule has 5 unspecified atom stereocenters. The summed E-state index contributed by atoms with van der Waals surface area (Å²) >= 11 is 0. The Morgan fingerprint density at radius 1 is 0.889 bits per heavy atom. The van der Waals surface area contributed by atoms with E-state index in [1.54, 1.807) is 48.5 Å². The van der Waals surface area contributed by atoms with Crippen molar-refractivity contribution in [2.24, 2.45) is 0 Å². The molecule has 27 heavy (non-hydrogen) atoms. The van der Waals surface area contributed by atoms with Crippen molar-refractivity contribution in [3.8, 4) is 0 Å². The maximum absolute atomic E-state index is 12.1. The number of urea groups is 1. The van der Waals surface area contributed by atoms with Crippen LogP contribution in [-0.2, 0) is 4.74 Å². The Labute approximate surface area is 156 Å². The van der Waals surface area contributed by atoms with Crippen LogP contribution in [0.5, 0.6) is 0 Å². The van der Waals surface area contributed by atoms with E-state index >= 15 is 0 Å². The molecule has 0 bridgehead atoms. The molecule has 144 valence electrons. The third-order valence-electron chi connectivity index (χ3n) is 4.40. The molecule has 1 aliphatic rings. The molecule has 8 nitrogen and oxygen atoms in total. The number of aliphatic hydroxyl groups is 4. The third kappa shape index (κ3) is 4.44. The van der Waals surface area contributed by atoms with Gasteiger partial charge in [-0.2, -0.15) is 0 Å². The average molecular weight is 374 g/mol. The highest BCUT2D eigenvalue weighted by molar-refractivity contribution is 5.99. The largest absolute Gasteiger partial charge is 0.394 e. The summed E-state index contributed by atoms with van der Waals surface area (Å²) in [6, 6.07) is 15.1. The van der Waals surface area contributed by atoms with Crippen molar-refractivity contribution >= 4 is 17.4 Å². The number of amides is 2. The third-order valence-corrected chi connectivity index (χ3v) is 4.40. The maximum Gasteiger partial charge on any atom is 0.323 e. The van der Waals surface area contributed by atoms with E-state index in [1.165, 1.54) is 0 Å². The molecule has 0 saturated carbocycles. The number of hydrogen-bond donors (Lipinski definition) is 6. The monoisotopic (exact) mass is 374 g/mol. The second-order valence-electron chi connectivity index (χ2n) is 6.32. The predicted octanol–water partition coefficient (Wildman–Crippen LogP) is 0.845. The first-order valence-corrected chi connectivity index (χ1v) is 8.53. The summed E-state index contributed by atoms with van der Waals surface area (Å²) in [5.74, 6) is 0. The molecule has 1 fully saturated rings. The van der Waals surface area contributed by atoms with Gasteiger partial charge in [0.25, 0.3) is 0 Å². The zero-order valence-electron chi connectivity index (χ0n) is 14.4. The summed E-state index contributed by atoms with van der Waals surface area (Å²) in [6.45, 7) is -0.501. The Balaban J connectivity index is 1.72. The quantitative estimate of drug-likeness (QED) is 0.470. The van der Waals surface area contributed by atoms with Crippen molar-refractivity contribution in [3.05, 3.63) is 60.2 Å². The maximum atomic E-state index is 12.1. The number of aliphatic hydroxyl groups excluding tert-OH is 4. The highest BCUT2D eigenvalue weighted by Gasteiger charge is 2.43. The molecule has 2 amide bonds. The number of carbonyl (C=O) groups excluding carboxylic acids is 1. The Morgan fingerprint density at radius 3 is 2.26 bits per heavy atom. The highest BCUT2D eigenvalue weighted by atomic mass is 16.5. The Kier molecular flexibility index (Phi) is 6.04. The molecule has 8 heteroatoms. The van der Waals surface area contributed by atoms with Crippen LogP contribution in [0, 0.1) is 0 Å². The van der Waals surface area contributed by atoms with Crippen LogP contribution in [-0.4, -0.2) is 57.5 Å². The van der Waals surface area contributed by atoms with Gasteiger partial charge in [0, 0.05) is 11.4 Å². The summed E-state index contributed by atoms with van der Waals surface area (Å²) in [4.78, 5) is 12.1. The smallest absolute Gasteiger partial charge is 0.323 e. The molecule has 5 atom stereocenters. The molecule has 1 heterocycles.